The summed E-state index contributed by atoms with van der Waals surface area (Å²) in [7, 11) is 1.23. The summed E-state index contributed by atoms with van der Waals surface area (Å²) in [6.07, 6.45) is 2.49. The summed E-state index contributed by atoms with van der Waals surface area (Å²) in [5.74, 6) is -0.799. The van der Waals surface area contributed by atoms with Gasteiger partial charge in [-0.25, -0.2) is 14.2 Å². The van der Waals surface area contributed by atoms with Gasteiger partial charge in [-0.1, -0.05) is 0 Å². The summed E-state index contributed by atoms with van der Waals surface area (Å²) < 4.78 is 19.5. The van der Waals surface area contributed by atoms with Gasteiger partial charge >= 0.3 is 5.97 Å². The maximum absolute atomic E-state index is 13.6. The highest BCUT2D eigenvalue weighted by molar-refractivity contribution is 5.92. The first-order chi connectivity index (χ1) is 8.56. The van der Waals surface area contributed by atoms with Crippen LogP contribution in [0.1, 0.15) is 16.3 Å². The highest BCUT2D eigenvalue weighted by Crippen LogP contribution is 2.22. The molecule has 94 valence electrons. The van der Waals surface area contributed by atoms with Gasteiger partial charge in [0, 0.05) is 6.20 Å². The Morgan fingerprint density at radius 1 is 1.56 bits per heavy atom. The Labute approximate surface area is 102 Å². The van der Waals surface area contributed by atoms with Crippen molar-refractivity contribution in [2.24, 2.45) is 0 Å². The third kappa shape index (κ3) is 1.79. The van der Waals surface area contributed by atoms with Gasteiger partial charge in [0.05, 0.1) is 19.0 Å². The van der Waals surface area contributed by atoms with E-state index in [1.807, 2.05) is 0 Å². The molecule has 0 saturated heterocycles. The monoisotopic (exact) mass is 250 g/mol. The van der Waals surface area contributed by atoms with Crippen LogP contribution in [0.4, 0.5) is 10.2 Å². The molecular weight excluding hydrogens is 239 g/mol. The number of ether oxygens (including phenoxy) is 1. The summed E-state index contributed by atoms with van der Waals surface area (Å²) in [4.78, 5) is 19.1. The second-order valence-corrected chi connectivity index (χ2v) is 3.55. The molecule has 7 heteroatoms. The molecule has 0 saturated carbocycles. The molecule has 0 fully saturated rings. The van der Waals surface area contributed by atoms with Crippen molar-refractivity contribution in [2.75, 3.05) is 12.8 Å². The van der Waals surface area contributed by atoms with Crippen LogP contribution in [0.25, 0.3) is 5.69 Å². The van der Waals surface area contributed by atoms with E-state index in [-0.39, 0.29) is 17.2 Å². The first-order valence-corrected chi connectivity index (χ1v) is 5.09. The molecule has 2 N–H and O–H groups in total. The van der Waals surface area contributed by atoms with E-state index in [1.54, 1.807) is 6.92 Å². The highest BCUT2D eigenvalue weighted by atomic mass is 19.1. The number of hydrogen-bond acceptors (Lipinski definition) is 5. The number of nitrogen functional groups attached to an aromatic ring is 1. The third-order valence-corrected chi connectivity index (χ3v) is 2.45. The van der Waals surface area contributed by atoms with Crippen molar-refractivity contribution < 1.29 is 13.9 Å². The minimum atomic E-state index is -0.663. The van der Waals surface area contributed by atoms with E-state index >= 15 is 0 Å². The van der Waals surface area contributed by atoms with Crippen LogP contribution in [0.5, 0.6) is 0 Å². The molecule has 0 atom stereocenters. The maximum Gasteiger partial charge on any atom is 0.360 e. The van der Waals surface area contributed by atoms with Crippen molar-refractivity contribution in [1.82, 2.24) is 14.5 Å². The van der Waals surface area contributed by atoms with Gasteiger partial charge in [-0.05, 0) is 13.0 Å². The number of aromatic nitrogens is 3. The first-order valence-electron chi connectivity index (χ1n) is 5.09. The van der Waals surface area contributed by atoms with Crippen LogP contribution >= 0.6 is 0 Å². The number of nitrogens with zero attached hydrogens (tertiary/aromatic N) is 3. The lowest BCUT2D eigenvalue weighted by atomic mass is 10.3. The van der Waals surface area contributed by atoms with Crippen molar-refractivity contribution in [3.63, 3.8) is 0 Å². The van der Waals surface area contributed by atoms with Gasteiger partial charge in [0.1, 0.15) is 11.6 Å². The average Bonchev–Trinajstić information content (AvgIpc) is 2.65. The number of hydrogen-bond donors (Lipinski definition) is 1. The number of imidazole rings is 1. The molecule has 2 heterocycles. The number of carbonyl (C=O) groups is 1. The Kier molecular flexibility index (Phi) is 2.97. The fourth-order valence-electron chi connectivity index (χ4n) is 1.65. The van der Waals surface area contributed by atoms with Crippen LogP contribution in [0.3, 0.4) is 0 Å². The van der Waals surface area contributed by atoms with E-state index in [0.717, 1.165) is 6.20 Å². The van der Waals surface area contributed by atoms with E-state index in [4.69, 9.17) is 5.73 Å². The molecule has 0 amide bonds. The quantitative estimate of drug-likeness (QED) is 0.806. The van der Waals surface area contributed by atoms with Crippen LogP contribution < -0.4 is 5.73 Å². The van der Waals surface area contributed by atoms with Crippen molar-refractivity contribution in [3.05, 3.63) is 35.8 Å². The third-order valence-electron chi connectivity index (χ3n) is 2.45. The standard InChI is InChI=1S/C11H11FN4O2/c1-6-15-9(11(17)18-2)10(13)16(6)8-3-4-14-5-7(8)12/h3-5H,13H2,1-2H3. The van der Waals surface area contributed by atoms with E-state index < -0.39 is 11.8 Å². The molecule has 0 aliphatic heterocycles. The Balaban J connectivity index is 2.63. The number of pyridine rings is 1. The predicted octanol–water partition coefficient (Wildman–Crippen LogP) is 1.08. The van der Waals surface area contributed by atoms with Gasteiger partial charge in [0.2, 0.25) is 0 Å². The largest absolute Gasteiger partial charge is 0.464 e. The molecule has 2 rings (SSSR count). The van der Waals surface area contributed by atoms with Crippen LogP contribution in [0, 0.1) is 12.7 Å². The first kappa shape index (κ1) is 12.0. The zero-order chi connectivity index (χ0) is 13.3. The number of carbonyl (C=O) groups excluding carboxylic acids is 1. The predicted molar refractivity (Wildman–Crippen MR) is 61.8 cm³/mol. The van der Waals surface area contributed by atoms with Crippen LogP contribution in [-0.2, 0) is 4.74 Å². The lowest BCUT2D eigenvalue weighted by Gasteiger charge is -2.07. The SMILES string of the molecule is COC(=O)c1nc(C)n(-c2ccncc2F)c1N. The average molecular weight is 250 g/mol. The number of rotatable bonds is 2. The zero-order valence-corrected chi connectivity index (χ0v) is 9.85. The van der Waals surface area contributed by atoms with Gasteiger partial charge in [0.25, 0.3) is 0 Å². The molecule has 2 aromatic heterocycles. The number of esters is 1. The number of anilines is 1. The number of methoxy groups -OCH3 is 1. The molecule has 0 radical (unpaired) electrons. The Morgan fingerprint density at radius 2 is 2.28 bits per heavy atom. The van der Waals surface area contributed by atoms with Gasteiger partial charge < -0.3 is 10.5 Å². The van der Waals surface area contributed by atoms with Gasteiger partial charge in [-0.2, -0.15) is 0 Å². The van der Waals surface area contributed by atoms with E-state index in [0.29, 0.717) is 5.82 Å². The van der Waals surface area contributed by atoms with Crippen LogP contribution in [0.15, 0.2) is 18.5 Å². The molecule has 0 aliphatic carbocycles. The van der Waals surface area contributed by atoms with E-state index in [2.05, 4.69) is 14.7 Å². The van der Waals surface area contributed by atoms with Gasteiger partial charge in [0.15, 0.2) is 11.5 Å². The van der Waals surface area contributed by atoms with Crippen molar-refractivity contribution in [2.45, 2.75) is 6.92 Å². The van der Waals surface area contributed by atoms with E-state index in [9.17, 15) is 9.18 Å². The molecule has 18 heavy (non-hydrogen) atoms. The highest BCUT2D eigenvalue weighted by Gasteiger charge is 2.21. The molecular formula is C11H11FN4O2. The topological polar surface area (TPSA) is 83.0 Å². The fourth-order valence-corrected chi connectivity index (χ4v) is 1.65. The van der Waals surface area contributed by atoms with E-state index in [1.165, 1.54) is 23.9 Å². The molecule has 0 aliphatic rings. The molecule has 0 bridgehead atoms. The molecule has 0 aromatic carbocycles. The maximum atomic E-state index is 13.6. The lowest BCUT2D eigenvalue weighted by molar-refractivity contribution is 0.0596. The second-order valence-electron chi connectivity index (χ2n) is 3.55. The Bertz CT molecular complexity index is 609. The molecule has 6 nitrogen and oxygen atoms in total. The van der Waals surface area contributed by atoms with Gasteiger partial charge in [-0.15, -0.1) is 0 Å². The fraction of sp³-hybridized carbons (Fsp3) is 0.182. The minimum Gasteiger partial charge on any atom is -0.464 e. The van der Waals surface area contributed by atoms with Crippen LogP contribution in [-0.4, -0.2) is 27.6 Å². The summed E-state index contributed by atoms with van der Waals surface area (Å²) in [6.45, 7) is 1.61. The zero-order valence-electron chi connectivity index (χ0n) is 9.85. The normalized spacial score (nSPS) is 10.4. The summed E-state index contributed by atoms with van der Waals surface area (Å²) in [5, 5.41) is 0. The van der Waals surface area contributed by atoms with Crippen molar-refractivity contribution >= 4 is 11.8 Å². The van der Waals surface area contributed by atoms with Gasteiger partial charge in [-0.3, -0.25) is 9.55 Å². The second kappa shape index (κ2) is 4.44. The Hall–Kier alpha value is -2.44. The summed E-state index contributed by atoms with van der Waals surface area (Å²) >= 11 is 0. The molecule has 0 unspecified atom stereocenters. The molecule has 0 spiro atoms. The Morgan fingerprint density at radius 3 is 2.89 bits per heavy atom. The summed E-state index contributed by atoms with van der Waals surface area (Å²) in [5.41, 5.74) is 5.94. The summed E-state index contributed by atoms with van der Waals surface area (Å²) in [6, 6.07) is 1.45. The van der Waals surface area contributed by atoms with Crippen LogP contribution in [0.2, 0.25) is 0 Å². The molecule has 2 aromatic rings. The lowest BCUT2D eigenvalue weighted by Crippen LogP contribution is -2.08. The minimum absolute atomic E-state index is 0.0319. The number of nitrogens with two attached hydrogens (primary N) is 1. The number of halogens is 1. The van der Waals surface area contributed by atoms with Crippen molar-refractivity contribution in [3.8, 4) is 5.69 Å². The number of aryl methyl sites for hydroxylation is 1. The smallest absolute Gasteiger partial charge is 0.360 e. The van der Waals surface area contributed by atoms with Crippen molar-refractivity contribution in [1.29, 1.82) is 0 Å².